The minimum atomic E-state index is -0.490. The minimum Gasteiger partial charge on any atom is -0.486 e. The predicted octanol–water partition coefficient (Wildman–Crippen LogP) is 3.90. The Bertz CT molecular complexity index is 670. The van der Waals surface area contributed by atoms with Gasteiger partial charge in [0, 0.05) is 17.7 Å². The first kappa shape index (κ1) is 14.4. The van der Waals surface area contributed by atoms with E-state index in [0.29, 0.717) is 35.8 Å². The molecule has 0 saturated heterocycles. The summed E-state index contributed by atoms with van der Waals surface area (Å²) in [7, 11) is 0. The van der Waals surface area contributed by atoms with Crippen LogP contribution in [0.15, 0.2) is 30.3 Å². The van der Waals surface area contributed by atoms with Crippen LogP contribution in [0.2, 0.25) is 10.0 Å². The van der Waals surface area contributed by atoms with Crippen LogP contribution in [0.3, 0.4) is 0 Å². The van der Waals surface area contributed by atoms with Gasteiger partial charge in [-0.05, 0) is 18.2 Å². The maximum Gasteiger partial charge on any atom is 0.169 e. The van der Waals surface area contributed by atoms with Gasteiger partial charge in [-0.1, -0.05) is 35.3 Å². The molecule has 0 saturated carbocycles. The van der Waals surface area contributed by atoms with Crippen molar-refractivity contribution in [3.05, 3.63) is 46.2 Å². The van der Waals surface area contributed by atoms with E-state index >= 15 is 0 Å². The van der Waals surface area contributed by atoms with E-state index in [1.807, 2.05) is 0 Å². The maximum absolute atomic E-state index is 13.3. The highest BCUT2D eigenvalue weighted by Gasteiger charge is 2.25. The second-order valence-corrected chi connectivity index (χ2v) is 5.48. The van der Waals surface area contributed by atoms with E-state index in [4.69, 9.17) is 38.4 Å². The molecule has 1 heterocycles. The molecule has 0 amide bonds. The summed E-state index contributed by atoms with van der Waals surface area (Å²) in [6.07, 6.45) is -0.239. The van der Waals surface area contributed by atoms with Gasteiger partial charge in [0.15, 0.2) is 11.5 Å². The van der Waals surface area contributed by atoms with E-state index in [-0.39, 0.29) is 16.1 Å². The molecule has 1 aliphatic rings. The molecule has 0 aromatic heterocycles. The molecule has 0 fully saturated rings. The van der Waals surface area contributed by atoms with Crippen molar-refractivity contribution in [3.63, 3.8) is 0 Å². The lowest BCUT2D eigenvalue weighted by molar-refractivity contribution is 0.0976. The molecule has 3 nitrogen and oxygen atoms in total. The van der Waals surface area contributed by atoms with Crippen molar-refractivity contribution < 1.29 is 13.9 Å². The number of hydrogen-bond donors (Lipinski definition) is 1. The lowest BCUT2D eigenvalue weighted by Crippen LogP contribution is -2.35. The summed E-state index contributed by atoms with van der Waals surface area (Å²) in [6.45, 7) is 0.719. The summed E-state index contributed by atoms with van der Waals surface area (Å²) in [5, 5.41) is 0.429. The largest absolute Gasteiger partial charge is 0.486 e. The van der Waals surface area contributed by atoms with Gasteiger partial charge in [-0.15, -0.1) is 0 Å². The maximum atomic E-state index is 13.3. The van der Waals surface area contributed by atoms with Crippen molar-refractivity contribution in [1.29, 1.82) is 0 Å². The van der Waals surface area contributed by atoms with Gasteiger partial charge < -0.3 is 15.2 Å². The Labute approximate surface area is 131 Å². The first-order valence-corrected chi connectivity index (χ1v) is 7.13. The second-order valence-electron chi connectivity index (χ2n) is 4.66. The first-order valence-electron chi connectivity index (χ1n) is 6.37. The van der Waals surface area contributed by atoms with E-state index in [1.165, 1.54) is 12.1 Å². The SMILES string of the molecule is NC[C@H]1COc2cccc(-c3c(Cl)cc(F)cc3Cl)c2O1. The highest BCUT2D eigenvalue weighted by molar-refractivity contribution is 6.39. The van der Waals surface area contributed by atoms with Crippen molar-refractivity contribution in [3.8, 4) is 22.6 Å². The van der Waals surface area contributed by atoms with Crippen LogP contribution in [0, 0.1) is 5.82 Å². The number of nitrogens with two attached hydrogens (primary N) is 1. The Balaban J connectivity index is 2.17. The number of fused-ring (bicyclic) bond motifs is 1. The van der Waals surface area contributed by atoms with Gasteiger partial charge in [0.1, 0.15) is 18.5 Å². The molecular weight excluding hydrogens is 316 g/mol. The molecule has 2 aromatic carbocycles. The third-order valence-electron chi connectivity index (χ3n) is 3.23. The molecule has 0 spiro atoms. The fourth-order valence-corrected chi connectivity index (χ4v) is 2.91. The fraction of sp³-hybridized carbons (Fsp3) is 0.200. The van der Waals surface area contributed by atoms with E-state index in [2.05, 4.69) is 0 Å². The summed E-state index contributed by atoms with van der Waals surface area (Å²) < 4.78 is 24.8. The molecular formula is C15H12Cl2FNO2. The van der Waals surface area contributed by atoms with Crippen molar-refractivity contribution in [2.24, 2.45) is 5.73 Å². The monoisotopic (exact) mass is 327 g/mol. The third kappa shape index (κ3) is 2.67. The van der Waals surface area contributed by atoms with Crippen LogP contribution >= 0.6 is 23.2 Å². The smallest absolute Gasteiger partial charge is 0.169 e. The zero-order valence-electron chi connectivity index (χ0n) is 10.9. The zero-order valence-corrected chi connectivity index (χ0v) is 12.4. The summed E-state index contributed by atoms with van der Waals surface area (Å²) in [6, 6.07) is 7.82. The average Bonchev–Trinajstić information content (AvgIpc) is 2.46. The van der Waals surface area contributed by atoms with Crippen LogP contribution in [0.1, 0.15) is 0 Å². The molecule has 3 rings (SSSR count). The average molecular weight is 328 g/mol. The number of rotatable bonds is 2. The molecule has 0 aliphatic carbocycles. The predicted molar refractivity (Wildman–Crippen MR) is 80.8 cm³/mol. The highest BCUT2D eigenvalue weighted by Crippen LogP contribution is 2.45. The number of ether oxygens (including phenoxy) is 2. The molecule has 1 atom stereocenters. The minimum absolute atomic E-state index is 0.215. The normalized spacial score (nSPS) is 16.9. The van der Waals surface area contributed by atoms with Crippen LogP contribution < -0.4 is 15.2 Å². The van der Waals surface area contributed by atoms with E-state index in [9.17, 15) is 4.39 Å². The molecule has 0 unspecified atom stereocenters. The summed E-state index contributed by atoms with van der Waals surface area (Å²) in [5.41, 5.74) is 6.79. The molecule has 0 bridgehead atoms. The Kier molecular flexibility index (Phi) is 3.93. The molecule has 1 aliphatic heterocycles. The Morgan fingerprint density at radius 1 is 1.24 bits per heavy atom. The van der Waals surface area contributed by atoms with E-state index < -0.39 is 5.82 Å². The van der Waals surface area contributed by atoms with Crippen molar-refractivity contribution in [1.82, 2.24) is 0 Å². The molecule has 110 valence electrons. The molecule has 0 radical (unpaired) electrons. The second kappa shape index (κ2) is 5.72. The summed E-state index contributed by atoms with van der Waals surface area (Å²) in [5.74, 6) is 0.624. The highest BCUT2D eigenvalue weighted by atomic mass is 35.5. The third-order valence-corrected chi connectivity index (χ3v) is 3.82. The topological polar surface area (TPSA) is 44.5 Å². The van der Waals surface area contributed by atoms with Crippen molar-refractivity contribution >= 4 is 23.2 Å². The number of para-hydroxylation sites is 1. The quantitative estimate of drug-likeness (QED) is 0.909. The number of hydrogen-bond acceptors (Lipinski definition) is 3. The first-order chi connectivity index (χ1) is 10.1. The van der Waals surface area contributed by atoms with Gasteiger partial charge >= 0.3 is 0 Å². The number of benzene rings is 2. The molecule has 2 N–H and O–H groups in total. The van der Waals surface area contributed by atoms with Crippen LogP contribution in [-0.4, -0.2) is 19.3 Å². The van der Waals surface area contributed by atoms with Gasteiger partial charge in [-0.3, -0.25) is 0 Å². The van der Waals surface area contributed by atoms with Crippen molar-refractivity contribution in [2.45, 2.75) is 6.10 Å². The van der Waals surface area contributed by atoms with Crippen LogP contribution in [-0.2, 0) is 0 Å². The Morgan fingerprint density at radius 3 is 2.62 bits per heavy atom. The zero-order chi connectivity index (χ0) is 15.0. The Hall–Kier alpha value is -1.49. The molecule has 6 heteroatoms. The van der Waals surface area contributed by atoms with E-state index in [1.54, 1.807) is 18.2 Å². The summed E-state index contributed by atoms with van der Waals surface area (Å²) in [4.78, 5) is 0. The van der Waals surface area contributed by atoms with E-state index in [0.717, 1.165) is 0 Å². The molecule has 2 aromatic rings. The van der Waals surface area contributed by atoms with Gasteiger partial charge in [-0.2, -0.15) is 0 Å². The van der Waals surface area contributed by atoms with Crippen LogP contribution in [0.4, 0.5) is 4.39 Å². The van der Waals surface area contributed by atoms with Crippen molar-refractivity contribution in [2.75, 3.05) is 13.2 Å². The summed E-state index contributed by atoms with van der Waals surface area (Å²) >= 11 is 12.3. The van der Waals surface area contributed by atoms with Gasteiger partial charge in [-0.25, -0.2) is 4.39 Å². The fourth-order valence-electron chi connectivity index (χ4n) is 2.25. The molecule has 21 heavy (non-hydrogen) atoms. The lowest BCUT2D eigenvalue weighted by atomic mass is 10.0. The standard InChI is InChI=1S/C15H12Cl2FNO2/c16-11-4-8(18)5-12(17)14(11)10-2-1-3-13-15(10)21-9(6-19)7-20-13/h1-5,9H,6-7,19H2/t9-/m0/s1. The van der Waals surface area contributed by atoms with Crippen LogP contribution in [0.25, 0.3) is 11.1 Å². The number of halogens is 3. The Morgan fingerprint density at radius 2 is 1.95 bits per heavy atom. The van der Waals surface area contributed by atoms with Crippen LogP contribution in [0.5, 0.6) is 11.5 Å². The van der Waals surface area contributed by atoms with Gasteiger partial charge in [0.2, 0.25) is 0 Å². The van der Waals surface area contributed by atoms with Gasteiger partial charge in [0.25, 0.3) is 0 Å². The van der Waals surface area contributed by atoms with Gasteiger partial charge in [0.05, 0.1) is 10.0 Å². The lowest BCUT2D eigenvalue weighted by Gasteiger charge is -2.27.